The van der Waals surface area contributed by atoms with Crippen LogP contribution in [-0.2, 0) is 11.3 Å². The van der Waals surface area contributed by atoms with E-state index in [0.717, 1.165) is 37.8 Å². The summed E-state index contributed by atoms with van der Waals surface area (Å²) in [4.78, 5) is 6.71. The van der Waals surface area contributed by atoms with E-state index in [9.17, 15) is 4.39 Å². The number of halogens is 2. The Balaban J connectivity index is 0.00000312. The topological polar surface area (TPSA) is 48.9 Å². The van der Waals surface area contributed by atoms with Gasteiger partial charge in [-0.15, -0.1) is 24.0 Å². The molecule has 1 aliphatic heterocycles. The first kappa shape index (κ1) is 22.1. The van der Waals surface area contributed by atoms with Gasteiger partial charge in [0.1, 0.15) is 5.82 Å². The molecule has 5 nitrogen and oxygen atoms in total. The lowest BCUT2D eigenvalue weighted by molar-refractivity contribution is -0.0174. The Morgan fingerprint density at radius 2 is 2.20 bits per heavy atom. The lowest BCUT2D eigenvalue weighted by atomic mass is 10.1. The van der Waals surface area contributed by atoms with E-state index in [1.54, 1.807) is 20.0 Å². The maximum absolute atomic E-state index is 13.3. The number of aryl methyl sites for hydroxylation is 1. The Morgan fingerprint density at radius 3 is 2.84 bits per heavy atom. The molecule has 1 aromatic rings. The van der Waals surface area contributed by atoms with Gasteiger partial charge in [-0.25, -0.2) is 4.39 Å². The minimum atomic E-state index is -0.172. The zero-order valence-electron chi connectivity index (χ0n) is 15.5. The van der Waals surface area contributed by atoms with E-state index in [0.29, 0.717) is 24.2 Å². The van der Waals surface area contributed by atoms with Crippen LogP contribution in [0.1, 0.15) is 25.0 Å². The molecule has 2 N–H and O–H groups in total. The zero-order valence-corrected chi connectivity index (χ0v) is 17.8. The van der Waals surface area contributed by atoms with E-state index in [2.05, 4.69) is 34.4 Å². The smallest absolute Gasteiger partial charge is 0.191 e. The Bertz CT molecular complexity index is 570. The molecule has 0 radical (unpaired) electrons. The first-order valence-corrected chi connectivity index (χ1v) is 8.54. The van der Waals surface area contributed by atoms with Gasteiger partial charge in [0.2, 0.25) is 0 Å². The van der Waals surface area contributed by atoms with Crippen molar-refractivity contribution >= 4 is 29.9 Å². The van der Waals surface area contributed by atoms with Gasteiger partial charge in [-0.2, -0.15) is 0 Å². The number of hydrogen-bond donors (Lipinski definition) is 2. The van der Waals surface area contributed by atoms with Crippen LogP contribution in [0, 0.1) is 12.7 Å². The summed E-state index contributed by atoms with van der Waals surface area (Å²) in [5.74, 6) is 0.583. The third-order valence-corrected chi connectivity index (χ3v) is 4.46. The van der Waals surface area contributed by atoms with E-state index in [-0.39, 0.29) is 29.8 Å². The van der Waals surface area contributed by atoms with Crippen LogP contribution in [0.3, 0.4) is 0 Å². The summed E-state index contributed by atoms with van der Waals surface area (Å²) in [6.07, 6.45) is 0. The van der Waals surface area contributed by atoms with Crippen molar-refractivity contribution in [1.29, 1.82) is 0 Å². The SMILES string of the molecule is CN=C(NCc1ccc(F)c(C)c1)NCC(C)N1CCOCC1C.I. The molecule has 1 saturated heterocycles. The molecule has 1 fully saturated rings. The van der Waals surface area contributed by atoms with Gasteiger partial charge < -0.3 is 15.4 Å². The summed E-state index contributed by atoms with van der Waals surface area (Å²) >= 11 is 0. The molecule has 7 heteroatoms. The Kier molecular flexibility index (Phi) is 9.66. The molecule has 0 bridgehead atoms. The highest BCUT2D eigenvalue weighted by molar-refractivity contribution is 14.0. The molecule has 25 heavy (non-hydrogen) atoms. The molecule has 0 amide bonds. The third kappa shape index (κ3) is 6.71. The third-order valence-electron chi connectivity index (χ3n) is 4.46. The summed E-state index contributed by atoms with van der Waals surface area (Å²) in [5.41, 5.74) is 1.69. The van der Waals surface area contributed by atoms with E-state index in [1.807, 2.05) is 6.07 Å². The summed E-state index contributed by atoms with van der Waals surface area (Å²) < 4.78 is 18.8. The average Bonchev–Trinajstić information content (AvgIpc) is 2.58. The van der Waals surface area contributed by atoms with Crippen molar-refractivity contribution in [2.45, 2.75) is 39.4 Å². The Morgan fingerprint density at radius 1 is 1.44 bits per heavy atom. The number of ether oxygens (including phenoxy) is 1. The summed E-state index contributed by atoms with van der Waals surface area (Å²) in [6, 6.07) is 5.99. The van der Waals surface area contributed by atoms with Crippen LogP contribution in [0.15, 0.2) is 23.2 Å². The zero-order chi connectivity index (χ0) is 17.5. The van der Waals surface area contributed by atoms with Gasteiger partial charge >= 0.3 is 0 Å². The van der Waals surface area contributed by atoms with Gasteiger partial charge in [-0.3, -0.25) is 9.89 Å². The molecule has 2 atom stereocenters. The van der Waals surface area contributed by atoms with E-state index >= 15 is 0 Å². The highest BCUT2D eigenvalue weighted by Crippen LogP contribution is 2.10. The standard InChI is InChI=1S/C18H29FN4O.HI/c1-13-9-16(5-6-17(13)19)11-22-18(20-4)21-10-14(2)23-7-8-24-12-15(23)3;/h5-6,9,14-15H,7-8,10-12H2,1-4H3,(H2,20,21,22);1H. The number of nitrogens with one attached hydrogen (secondary N) is 2. The van der Waals surface area contributed by atoms with Crippen LogP contribution in [0.5, 0.6) is 0 Å². The minimum Gasteiger partial charge on any atom is -0.379 e. The number of rotatable bonds is 5. The fraction of sp³-hybridized carbons (Fsp3) is 0.611. The summed E-state index contributed by atoms with van der Waals surface area (Å²) in [5, 5.41) is 6.64. The van der Waals surface area contributed by atoms with Crippen molar-refractivity contribution in [3.8, 4) is 0 Å². The van der Waals surface area contributed by atoms with E-state index in [4.69, 9.17) is 4.74 Å². The van der Waals surface area contributed by atoms with Gasteiger partial charge in [-0.05, 0) is 38.0 Å². The van der Waals surface area contributed by atoms with Crippen molar-refractivity contribution in [3.63, 3.8) is 0 Å². The highest BCUT2D eigenvalue weighted by Gasteiger charge is 2.23. The fourth-order valence-electron chi connectivity index (χ4n) is 2.98. The highest BCUT2D eigenvalue weighted by atomic mass is 127. The number of guanidine groups is 1. The number of morpholine rings is 1. The molecule has 1 aromatic carbocycles. The lowest BCUT2D eigenvalue weighted by Crippen LogP contribution is -2.52. The molecule has 0 saturated carbocycles. The molecule has 0 aromatic heterocycles. The minimum absolute atomic E-state index is 0. The monoisotopic (exact) mass is 464 g/mol. The van der Waals surface area contributed by atoms with Crippen LogP contribution < -0.4 is 10.6 Å². The summed E-state index contributed by atoms with van der Waals surface area (Å²) in [6.45, 7) is 10.2. The average molecular weight is 464 g/mol. The Hall–Kier alpha value is -0.930. The van der Waals surface area contributed by atoms with E-state index in [1.165, 1.54) is 6.07 Å². The van der Waals surface area contributed by atoms with Crippen molar-refractivity contribution in [2.75, 3.05) is 33.4 Å². The normalized spacial score (nSPS) is 19.9. The first-order valence-electron chi connectivity index (χ1n) is 8.54. The van der Waals surface area contributed by atoms with Gasteiger partial charge in [0.15, 0.2) is 5.96 Å². The van der Waals surface area contributed by atoms with Gasteiger partial charge in [0.05, 0.1) is 13.2 Å². The van der Waals surface area contributed by atoms with Gasteiger partial charge in [0.25, 0.3) is 0 Å². The molecule has 0 spiro atoms. The van der Waals surface area contributed by atoms with Gasteiger partial charge in [-0.1, -0.05) is 12.1 Å². The largest absolute Gasteiger partial charge is 0.379 e. The number of nitrogens with zero attached hydrogens (tertiary/aromatic N) is 2. The van der Waals surface area contributed by atoms with E-state index < -0.39 is 0 Å². The van der Waals surface area contributed by atoms with Gasteiger partial charge in [0, 0.05) is 38.8 Å². The van der Waals surface area contributed by atoms with Crippen molar-refractivity contribution in [3.05, 3.63) is 35.1 Å². The molecule has 2 rings (SSSR count). The second-order valence-electron chi connectivity index (χ2n) is 6.40. The van der Waals surface area contributed by atoms with Crippen LogP contribution in [-0.4, -0.2) is 56.3 Å². The van der Waals surface area contributed by atoms with Crippen molar-refractivity contribution in [2.24, 2.45) is 4.99 Å². The lowest BCUT2D eigenvalue weighted by Gasteiger charge is -2.38. The number of hydrogen-bond acceptors (Lipinski definition) is 3. The second kappa shape index (κ2) is 10.9. The van der Waals surface area contributed by atoms with Crippen LogP contribution >= 0.6 is 24.0 Å². The number of aliphatic imine (C=N–C) groups is 1. The molecular weight excluding hydrogens is 434 g/mol. The fourth-order valence-corrected chi connectivity index (χ4v) is 2.98. The van der Waals surface area contributed by atoms with Crippen molar-refractivity contribution < 1.29 is 9.13 Å². The van der Waals surface area contributed by atoms with Crippen molar-refractivity contribution in [1.82, 2.24) is 15.5 Å². The van der Waals surface area contributed by atoms with Crippen LogP contribution in [0.25, 0.3) is 0 Å². The maximum atomic E-state index is 13.3. The van der Waals surface area contributed by atoms with Crippen LogP contribution in [0.2, 0.25) is 0 Å². The quantitative estimate of drug-likeness (QED) is 0.400. The molecule has 2 unspecified atom stereocenters. The first-order chi connectivity index (χ1) is 11.5. The maximum Gasteiger partial charge on any atom is 0.191 e. The molecule has 0 aliphatic carbocycles. The molecular formula is C18H30FIN4O. The van der Waals surface area contributed by atoms with Crippen LogP contribution in [0.4, 0.5) is 4.39 Å². The molecule has 1 aliphatic rings. The summed E-state index contributed by atoms with van der Waals surface area (Å²) in [7, 11) is 1.76. The number of benzene rings is 1. The predicted octanol–water partition coefficient (Wildman–Crippen LogP) is 2.53. The molecule has 142 valence electrons. The molecule has 1 heterocycles. The predicted molar refractivity (Wildman–Crippen MR) is 111 cm³/mol. The Labute approximate surface area is 167 Å². The second-order valence-corrected chi connectivity index (χ2v) is 6.40.